The first-order chi connectivity index (χ1) is 8.49. The van der Waals surface area contributed by atoms with Crippen molar-refractivity contribution in [1.29, 1.82) is 0 Å². The molecule has 0 amide bonds. The number of nitrogens with one attached hydrogen (secondary N) is 1. The topological polar surface area (TPSA) is 61.7 Å². The molecule has 0 saturated carbocycles. The fourth-order valence-corrected chi connectivity index (χ4v) is 1.63. The largest absolute Gasteiger partial charge is 0.489 e. The summed E-state index contributed by atoms with van der Waals surface area (Å²) in [6.07, 6.45) is -1.13. The van der Waals surface area contributed by atoms with Crippen molar-refractivity contribution in [3.05, 3.63) is 28.2 Å². The zero-order valence-corrected chi connectivity index (χ0v) is 11.6. The van der Waals surface area contributed by atoms with Gasteiger partial charge in [-0.2, -0.15) is 0 Å². The molecular formula is C12H17Cl2NO3. The molecule has 102 valence electrons. The minimum atomic E-state index is -0.682. The molecule has 0 unspecified atom stereocenters. The maximum absolute atomic E-state index is 9.64. The predicted octanol–water partition coefficient (Wildman–Crippen LogP) is 1.70. The van der Waals surface area contributed by atoms with Crippen molar-refractivity contribution in [1.82, 2.24) is 5.32 Å². The Balaban J connectivity index is 2.33. The average Bonchev–Trinajstić information content (AvgIpc) is 2.30. The van der Waals surface area contributed by atoms with Gasteiger partial charge < -0.3 is 20.3 Å². The molecule has 1 aromatic carbocycles. The fraction of sp³-hybridized carbons (Fsp3) is 0.500. The van der Waals surface area contributed by atoms with E-state index in [1.807, 2.05) is 0 Å². The standard InChI is InChI=1S/C12H17Cl2NO3/c1-8(16)5-15-6-10(17)7-18-12-4-9(13)2-3-11(12)14/h2-4,8,10,15-17H,5-7H2,1H3/t8-,10+/m1/s1. The zero-order valence-electron chi connectivity index (χ0n) is 10.1. The second kappa shape index (κ2) is 7.81. The molecule has 18 heavy (non-hydrogen) atoms. The maximum Gasteiger partial charge on any atom is 0.139 e. The lowest BCUT2D eigenvalue weighted by Gasteiger charge is -2.14. The minimum absolute atomic E-state index is 0.104. The number of benzene rings is 1. The van der Waals surface area contributed by atoms with Gasteiger partial charge in [0.05, 0.1) is 11.1 Å². The van der Waals surface area contributed by atoms with Crippen molar-refractivity contribution < 1.29 is 14.9 Å². The lowest BCUT2D eigenvalue weighted by atomic mass is 10.3. The molecule has 0 aliphatic carbocycles. The molecule has 0 saturated heterocycles. The predicted molar refractivity (Wildman–Crippen MR) is 72.5 cm³/mol. The molecule has 1 aromatic rings. The summed E-state index contributed by atoms with van der Waals surface area (Å²) >= 11 is 11.7. The molecule has 0 spiro atoms. The molecule has 1 rings (SSSR count). The molecular weight excluding hydrogens is 277 g/mol. The van der Waals surface area contributed by atoms with Crippen LogP contribution in [-0.4, -0.2) is 42.1 Å². The van der Waals surface area contributed by atoms with Crippen LogP contribution in [0.4, 0.5) is 0 Å². The number of aliphatic hydroxyl groups is 2. The summed E-state index contributed by atoms with van der Waals surface area (Å²) in [6, 6.07) is 4.90. The van der Waals surface area contributed by atoms with Gasteiger partial charge in [-0.05, 0) is 19.1 Å². The average molecular weight is 294 g/mol. The van der Waals surface area contributed by atoms with E-state index >= 15 is 0 Å². The Morgan fingerprint density at radius 2 is 2.00 bits per heavy atom. The van der Waals surface area contributed by atoms with Crippen LogP contribution in [0.15, 0.2) is 18.2 Å². The zero-order chi connectivity index (χ0) is 13.5. The summed E-state index contributed by atoms with van der Waals surface area (Å²) in [5.74, 6) is 0.443. The lowest BCUT2D eigenvalue weighted by molar-refractivity contribution is 0.101. The Morgan fingerprint density at radius 3 is 2.67 bits per heavy atom. The van der Waals surface area contributed by atoms with E-state index < -0.39 is 12.2 Å². The molecule has 0 radical (unpaired) electrons. The highest BCUT2D eigenvalue weighted by Crippen LogP contribution is 2.27. The summed E-state index contributed by atoms with van der Waals surface area (Å²) in [6.45, 7) is 2.53. The monoisotopic (exact) mass is 293 g/mol. The quantitative estimate of drug-likeness (QED) is 0.716. The molecule has 0 bridgehead atoms. The van der Waals surface area contributed by atoms with Crippen LogP contribution in [0.3, 0.4) is 0 Å². The highest BCUT2D eigenvalue weighted by atomic mass is 35.5. The summed E-state index contributed by atoms with van der Waals surface area (Å²) in [4.78, 5) is 0. The van der Waals surface area contributed by atoms with Crippen LogP contribution in [0.25, 0.3) is 0 Å². The van der Waals surface area contributed by atoms with Crippen LogP contribution < -0.4 is 10.1 Å². The van der Waals surface area contributed by atoms with Gasteiger partial charge in [0.1, 0.15) is 18.5 Å². The van der Waals surface area contributed by atoms with Gasteiger partial charge in [0.15, 0.2) is 0 Å². The third-order valence-electron chi connectivity index (χ3n) is 2.14. The Morgan fingerprint density at radius 1 is 1.28 bits per heavy atom. The number of rotatable bonds is 7. The summed E-state index contributed by atoms with van der Waals surface area (Å²) in [5, 5.41) is 22.6. The van der Waals surface area contributed by atoms with E-state index in [0.717, 1.165) is 0 Å². The normalized spacial score (nSPS) is 14.3. The van der Waals surface area contributed by atoms with Gasteiger partial charge >= 0.3 is 0 Å². The van der Waals surface area contributed by atoms with E-state index in [1.165, 1.54) is 0 Å². The van der Waals surface area contributed by atoms with Gasteiger partial charge in [-0.25, -0.2) is 0 Å². The smallest absolute Gasteiger partial charge is 0.139 e. The SMILES string of the molecule is C[C@@H](O)CNC[C@H](O)COc1cc(Cl)ccc1Cl. The first-order valence-corrected chi connectivity index (χ1v) is 6.39. The Hall–Kier alpha value is -0.520. The van der Waals surface area contributed by atoms with E-state index in [9.17, 15) is 5.11 Å². The summed E-state index contributed by atoms with van der Waals surface area (Å²) in [5.41, 5.74) is 0. The van der Waals surface area contributed by atoms with E-state index in [4.69, 9.17) is 33.0 Å². The highest BCUT2D eigenvalue weighted by Gasteiger charge is 2.08. The molecule has 0 aromatic heterocycles. The maximum atomic E-state index is 9.64. The van der Waals surface area contributed by atoms with Gasteiger partial charge in [0.2, 0.25) is 0 Å². The van der Waals surface area contributed by atoms with Crippen molar-refractivity contribution in [3.63, 3.8) is 0 Å². The van der Waals surface area contributed by atoms with Crippen molar-refractivity contribution in [2.45, 2.75) is 19.1 Å². The highest BCUT2D eigenvalue weighted by molar-refractivity contribution is 6.34. The molecule has 0 aliphatic rings. The van der Waals surface area contributed by atoms with E-state index in [0.29, 0.717) is 28.9 Å². The first kappa shape index (κ1) is 15.5. The number of aliphatic hydroxyl groups excluding tert-OH is 2. The van der Waals surface area contributed by atoms with Crippen LogP contribution >= 0.6 is 23.2 Å². The second-order valence-electron chi connectivity index (χ2n) is 4.05. The van der Waals surface area contributed by atoms with Crippen LogP contribution in [0.5, 0.6) is 5.75 Å². The number of halogens is 2. The Labute approximate surface area is 116 Å². The Kier molecular flexibility index (Phi) is 6.75. The van der Waals surface area contributed by atoms with Crippen LogP contribution in [0, 0.1) is 0 Å². The van der Waals surface area contributed by atoms with Gasteiger partial charge in [-0.1, -0.05) is 23.2 Å². The molecule has 3 N–H and O–H groups in total. The molecule has 0 aliphatic heterocycles. The first-order valence-electron chi connectivity index (χ1n) is 5.63. The fourth-order valence-electron chi connectivity index (χ4n) is 1.29. The second-order valence-corrected chi connectivity index (χ2v) is 4.89. The van der Waals surface area contributed by atoms with Crippen molar-refractivity contribution in [2.75, 3.05) is 19.7 Å². The van der Waals surface area contributed by atoms with E-state index in [2.05, 4.69) is 5.32 Å². The number of hydrogen-bond acceptors (Lipinski definition) is 4. The molecule has 4 nitrogen and oxygen atoms in total. The van der Waals surface area contributed by atoms with Crippen LogP contribution in [0.2, 0.25) is 10.0 Å². The molecule has 2 atom stereocenters. The van der Waals surface area contributed by atoms with Gasteiger partial charge in [0.25, 0.3) is 0 Å². The van der Waals surface area contributed by atoms with E-state index in [1.54, 1.807) is 25.1 Å². The van der Waals surface area contributed by atoms with Gasteiger partial charge in [-0.3, -0.25) is 0 Å². The third kappa shape index (κ3) is 5.89. The lowest BCUT2D eigenvalue weighted by Crippen LogP contribution is -2.35. The Bertz CT molecular complexity index is 374. The number of ether oxygens (including phenoxy) is 1. The van der Waals surface area contributed by atoms with Crippen molar-refractivity contribution in [3.8, 4) is 5.75 Å². The molecule has 6 heteroatoms. The molecule has 0 fully saturated rings. The summed E-state index contributed by atoms with van der Waals surface area (Å²) < 4.78 is 5.37. The van der Waals surface area contributed by atoms with Crippen molar-refractivity contribution in [2.24, 2.45) is 0 Å². The van der Waals surface area contributed by atoms with E-state index in [-0.39, 0.29) is 6.61 Å². The summed E-state index contributed by atoms with van der Waals surface area (Å²) in [7, 11) is 0. The van der Waals surface area contributed by atoms with Crippen LogP contribution in [-0.2, 0) is 0 Å². The van der Waals surface area contributed by atoms with Gasteiger partial charge in [-0.15, -0.1) is 0 Å². The van der Waals surface area contributed by atoms with Crippen LogP contribution in [0.1, 0.15) is 6.92 Å². The molecule has 0 heterocycles. The van der Waals surface area contributed by atoms with Crippen molar-refractivity contribution >= 4 is 23.2 Å². The number of hydrogen-bond donors (Lipinski definition) is 3. The van der Waals surface area contributed by atoms with Gasteiger partial charge in [0, 0.05) is 24.2 Å². The minimum Gasteiger partial charge on any atom is -0.489 e. The third-order valence-corrected chi connectivity index (χ3v) is 2.69.